The number of carbonyl (C=O) groups is 1. The van der Waals surface area contributed by atoms with Gasteiger partial charge in [0.05, 0.1) is 6.26 Å². The molecule has 1 saturated carbocycles. The number of carbonyl (C=O) groups excluding carboxylic acids is 1. The van der Waals surface area contributed by atoms with Gasteiger partial charge in [-0.3, -0.25) is 9.52 Å². The van der Waals surface area contributed by atoms with E-state index in [-0.39, 0.29) is 5.91 Å². The van der Waals surface area contributed by atoms with Gasteiger partial charge >= 0.3 is 0 Å². The fraction of sp³-hybridized carbons (Fsp3) is 0.632. The lowest BCUT2D eigenvalue weighted by molar-refractivity contribution is 0.0711. The van der Waals surface area contributed by atoms with Crippen molar-refractivity contribution in [3.05, 3.63) is 29.8 Å². The molecule has 1 saturated heterocycles. The first-order valence-electron chi connectivity index (χ1n) is 9.31. The summed E-state index contributed by atoms with van der Waals surface area (Å²) in [5, 5.41) is 0. The van der Waals surface area contributed by atoms with Crippen molar-refractivity contribution in [3.8, 4) is 0 Å². The van der Waals surface area contributed by atoms with E-state index in [4.69, 9.17) is 0 Å². The van der Waals surface area contributed by atoms with Crippen molar-refractivity contribution in [2.24, 2.45) is 5.92 Å². The van der Waals surface area contributed by atoms with E-state index in [2.05, 4.69) is 4.72 Å². The van der Waals surface area contributed by atoms with E-state index in [1.165, 1.54) is 32.1 Å². The normalized spacial score (nSPS) is 22.1. The summed E-state index contributed by atoms with van der Waals surface area (Å²) in [6.07, 6.45) is 11.0. The van der Waals surface area contributed by atoms with Crippen LogP contribution in [0.2, 0.25) is 0 Å². The summed E-state index contributed by atoms with van der Waals surface area (Å²) in [6.45, 7) is 0.806. The molecule has 2 aliphatic rings. The Balaban J connectivity index is 1.69. The number of benzene rings is 1. The predicted molar refractivity (Wildman–Crippen MR) is 100 cm³/mol. The van der Waals surface area contributed by atoms with Gasteiger partial charge in [0.1, 0.15) is 0 Å². The van der Waals surface area contributed by atoms with Crippen LogP contribution in [0.25, 0.3) is 0 Å². The molecule has 0 spiro atoms. The van der Waals surface area contributed by atoms with E-state index in [0.29, 0.717) is 17.3 Å². The Morgan fingerprint density at radius 2 is 1.92 bits per heavy atom. The van der Waals surface area contributed by atoms with Crippen LogP contribution in [0.15, 0.2) is 24.3 Å². The number of anilines is 1. The van der Waals surface area contributed by atoms with Crippen molar-refractivity contribution in [2.75, 3.05) is 17.5 Å². The minimum absolute atomic E-state index is 0.0236. The first-order valence-corrected chi connectivity index (χ1v) is 11.2. The molecule has 2 fully saturated rings. The van der Waals surface area contributed by atoms with Crippen LogP contribution >= 0.6 is 0 Å². The van der Waals surface area contributed by atoms with Crippen molar-refractivity contribution in [2.45, 2.75) is 57.4 Å². The Morgan fingerprint density at radius 1 is 1.16 bits per heavy atom. The Kier molecular flexibility index (Phi) is 5.67. The van der Waals surface area contributed by atoms with E-state index in [0.717, 1.165) is 38.0 Å². The third kappa shape index (κ3) is 4.97. The average molecular weight is 365 g/mol. The van der Waals surface area contributed by atoms with Crippen molar-refractivity contribution in [3.63, 3.8) is 0 Å². The van der Waals surface area contributed by atoms with Gasteiger partial charge in [0.2, 0.25) is 10.0 Å². The molecule has 0 bridgehead atoms. The zero-order valence-corrected chi connectivity index (χ0v) is 15.7. The van der Waals surface area contributed by atoms with Crippen molar-refractivity contribution >= 4 is 21.6 Å². The fourth-order valence-corrected chi connectivity index (χ4v) is 4.81. The van der Waals surface area contributed by atoms with Crippen LogP contribution in [0.1, 0.15) is 61.7 Å². The van der Waals surface area contributed by atoms with Gasteiger partial charge in [-0.2, -0.15) is 0 Å². The van der Waals surface area contributed by atoms with E-state index < -0.39 is 10.0 Å². The average Bonchev–Trinajstić information content (AvgIpc) is 3.02. The van der Waals surface area contributed by atoms with E-state index in [9.17, 15) is 13.2 Å². The summed E-state index contributed by atoms with van der Waals surface area (Å²) in [5.41, 5.74) is 1.00. The van der Waals surface area contributed by atoms with Gasteiger partial charge in [-0.25, -0.2) is 8.42 Å². The van der Waals surface area contributed by atoms with Crippen LogP contribution in [0.4, 0.5) is 5.69 Å². The molecule has 5 nitrogen and oxygen atoms in total. The first-order chi connectivity index (χ1) is 11.9. The third-order valence-electron chi connectivity index (χ3n) is 5.38. The minimum Gasteiger partial charge on any atom is -0.336 e. The van der Waals surface area contributed by atoms with E-state index in [1.54, 1.807) is 24.3 Å². The standard InChI is InChI=1S/C19H28N2O3S/c1-25(23,24)20-17-10-5-9-16(14-17)19(22)21-12-6-11-18(21)13-15-7-3-2-4-8-15/h5,9-10,14-15,18,20H,2-4,6-8,11-13H2,1H3/t18-/m0/s1. The number of hydrogen-bond donors (Lipinski definition) is 1. The molecule has 1 heterocycles. The van der Waals surface area contributed by atoms with Gasteiger partial charge in [-0.05, 0) is 43.4 Å². The molecule has 6 heteroatoms. The molecular weight excluding hydrogens is 336 g/mol. The van der Waals surface area contributed by atoms with Gasteiger partial charge in [0, 0.05) is 23.8 Å². The van der Waals surface area contributed by atoms with Crippen LogP contribution in [-0.2, 0) is 10.0 Å². The van der Waals surface area contributed by atoms with Crippen LogP contribution < -0.4 is 4.72 Å². The summed E-state index contributed by atoms with van der Waals surface area (Å²) in [5.74, 6) is 0.779. The summed E-state index contributed by atoms with van der Waals surface area (Å²) >= 11 is 0. The monoisotopic (exact) mass is 364 g/mol. The molecule has 0 aromatic heterocycles. The molecule has 1 amide bonds. The summed E-state index contributed by atoms with van der Waals surface area (Å²) in [6, 6.07) is 7.14. The highest BCUT2D eigenvalue weighted by molar-refractivity contribution is 7.92. The lowest BCUT2D eigenvalue weighted by atomic mass is 9.84. The third-order valence-corrected chi connectivity index (χ3v) is 5.99. The topological polar surface area (TPSA) is 66.5 Å². The van der Waals surface area contributed by atoms with Gasteiger partial charge in [0.25, 0.3) is 5.91 Å². The number of likely N-dealkylation sites (tertiary alicyclic amines) is 1. The molecule has 0 unspecified atom stereocenters. The quantitative estimate of drug-likeness (QED) is 0.867. The van der Waals surface area contributed by atoms with Crippen LogP contribution in [0.5, 0.6) is 0 Å². The SMILES string of the molecule is CS(=O)(=O)Nc1cccc(C(=O)N2CCC[C@H]2CC2CCCCC2)c1. The van der Waals surface area contributed by atoms with E-state index in [1.807, 2.05) is 4.90 Å². The summed E-state index contributed by atoms with van der Waals surface area (Å²) in [7, 11) is -3.34. The number of nitrogens with one attached hydrogen (secondary N) is 1. The van der Waals surface area contributed by atoms with Crippen molar-refractivity contribution in [1.82, 2.24) is 4.90 Å². The number of sulfonamides is 1. The first kappa shape index (κ1) is 18.2. The second-order valence-corrected chi connectivity index (χ2v) is 9.24. The van der Waals surface area contributed by atoms with Crippen LogP contribution in [-0.4, -0.2) is 38.1 Å². The summed E-state index contributed by atoms with van der Waals surface area (Å²) < 4.78 is 25.3. The molecule has 138 valence electrons. The highest BCUT2D eigenvalue weighted by atomic mass is 32.2. The van der Waals surface area contributed by atoms with Crippen LogP contribution in [0.3, 0.4) is 0 Å². The van der Waals surface area contributed by atoms with Crippen LogP contribution in [0, 0.1) is 5.92 Å². The Morgan fingerprint density at radius 3 is 2.64 bits per heavy atom. The Hall–Kier alpha value is -1.56. The lowest BCUT2D eigenvalue weighted by Crippen LogP contribution is -2.37. The van der Waals surface area contributed by atoms with Crippen molar-refractivity contribution < 1.29 is 13.2 Å². The molecular formula is C19H28N2O3S. The molecule has 1 atom stereocenters. The molecule has 25 heavy (non-hydrogen) atoms. The molecule has 1 aromatic rings. The predicted octanol–water partition coefficient (Wildman–Crippen LogP) is 3.63. The lowest BCUT2D eigenvalue weighted by Gasteiger charge is -2.30. The second-order valence-electron chi connectivity index (χ2n) is 7.49. The fourth-order valence-electron chi connectivity index (χ4n) is 4.25. The Bertz CT molecular complexity index is 711. The van der Waals surface area contributed by atoms with E-state index >= 15 is 0 Å². The Labute approximate surface area is 150 Å². The molecule has 0 radical (unpaired) electrons. The maximum absolute atomic E-state index is 13.0. The zero-order chi connectivity index (χ0) is 17.9. The van der Waals surface area contributed by atoms with Gasteiger partial charge in [0.15, 0.2) is 0 Å². The smallest absolute Gasteiger partial charge is 0.254 e. The summed E-state index contributed by atoms with van der Waals surface area (Å²) in [4.78, 5) is 15.0. The number of nitrogens with zero attached hydrogens (tertiary/aromatic N) is 1. The molecule has 1 aliphatic carbocycles. The highest BCUT2D eigenvalue weighted by Gasteiger charge is 2.31. The molecule has 3 rings (SSSR count). The molecule has 1 N–H and O–H groups in total. The number of amides is 1. The molecule has 1 aromatic carbocycles. The minimum atomic E-state index is -3.34. The molecule has 1 aliphatic heterocycles. The van der Waals surface area contributed by atoms with Crippen molar-refractivity contribution in [1.29, 1.82) is 0 Å². The largest absolute Gasteiger partial charge is 0.336 e. The maximum atomic E-state index is 13.0. The number of hydrogen-bond acceptors (Lipinski definition) is 3. The maximum Gasteiger partial charge on any atom is 0.254 e. The van der Waals surface area contributed by atoms with Gasteiger partial charge in [-0.15, -0.1) is 0 Å². The second kappa shape index (κ2) is 7.77. The number of rotatable bonds is 5. The van der Waals surface area contributed by atoms with Gasteiger partial charge in [-0.1, -0.05) is 38.2 Å². The van der Waals surface area contributed by atoms with Gasteiger partial charge < -0.3 is 4.90 Å². The highest BCUT2D eigenvalue weighted by Crippen LogP contribution is 2.32. The zero-order valence-electron chi connectivity index (χ0n) is 14.9.